The van der Waals surface area contributed by atoms with Crippen molar-refractivity contribution in [3.63, 3.8) is 0 Å². The zero-order valence-corrected chi connectivity index (χ0v) is 16.7. The van der Waals surface area contributed by atoms with Crippen LogP contribution >= 0.6 is 0 Å². The van der Waals surface area contributed by atoms with Crippen LogP contribution in [-0.4, -0.2) is 35.9 Å². The van der Waals surface area contributed by atoms with E-state index in [0.29, 0.717) is 16.8 Å². The molecular formula is C24H21N3O3. The predicted octanol–water partition coefficient (Wildman–Crippen LogP) is 3.77. The lowest BCUT2D eigenvalue weighted by Gasteiger charge is -2.26. The van der Waals surface area contributed by atoms with Gasteiger partial charge in [0.15, 0.2) is 0 Å². The standard InChI is InChI=1S/C24H21N3O3/c1-26(2)18-8-10-19(11-9-18)27-21(16-12-14-25-15-13-16)20(23(29)24(27)30)22(28)17-6-4-3-5-7-17/h3-15,21,28H,1-2H3/b22-20+. The first-order valence-electron chi connectivity index (χ1n) is 9.53. The van der Waals surface area contributed by atoms with Gasteiger partial charge in [-0.15, -0.1) is 0 Å². The maximum Gasteiger partial charge on any atom is 0.300 e. The number of aliphatic hydroxyl groups excluding tert-OH is 1. The van der Waals surface area contributed by atoms with Crippen LogP contribution in [0.1, 0.15) is 17.2 Å². The minimum absolute atomic E-state index is 0.0640. The third-order valence-electron chi connectivity index (χ3n) is 5.16. The lowest BCUT2D eigenvalue weighted by atomic mass is 9.96. The van der Waals surface area contributed by atoms with Gasteiger partial charge in [-0.05, 0) is 42.0 Å². The molecule has 3 aromatic rings. The summed E-state index contributed by atoms with van der Waals surface area (Å²) >= 11 is 0. The number of ketones is 1. The van der Waals surface area contributed by atoms with E-state index in [1.54, 1.807) is 60.9 Å². The molecule has 4 rings (SSSR count). The molecule has 0 radical (unpaired) electrons. The average molecular weight is 399 g/mol. The maximum absolute atomic E-state index is 13.1. The number of benzene rings is 2. The molecule has 1 N–H and O–H groups in total. The van der Waals surface area contributed by atoms with E-state index in [-0.39, 0.29) is 11.3 Å². The Hall–Kier alpha value is -3.93. The van der Waals surface area contributed by atoms with Gasteiger partial charge < -0.3 is 10.0 Å². The molecule has 0 aliphatic carbocycles. The summed E-state index contributed by atoms with van der Waals surface area (Å²) in [4.78, 5) is 33.5. The third-order valence-corrected chi connectivity index (χ3v) is 5.16. The molecule has 150 valence electrons. The van der Waals surface area contributed by atoms with E-state index in [0.717, 1.165) is 5.69 Å². The molecule has 0 spiro atoms. The molecule has 6 nitrogen and oxygen atoms in total. The van der Waals surface area contributed by atoms with Crippen molar-refractivity contribution in [3.05, 3.63) is 95.8 Å². The number of rotatable bonds is 4. The molecule has 1 aliphatic rings. The van der Waals surface area contributed by atoms with Gasteiger partial charge in [-0.25, -0.2) is 0 Å². The predicted molar refractivity (Wildman–Crippen MR) is 116 cm³/mol. The van der Waals surface area contributed by atoms with Crippen molar-refractivity contribution >= 4 is 28.8 Å². The highest BCUT2D eigenvalue weighted by molar-refractivity contribution is 6.51. The van der Waals surface area contributed by atoms with Crippen LogP contribution in [0.2, 0.25) is 0 Å². The van der Waals surface area contributed by atoms with Crippen LogP contribution in [0, 0.1) is 0 Å². The molecular weight excluding hydrogens is 378 g/mol. The SMILES string of the molecule is CN(C)c1ccc(N2C(=O)C(=O)/C(=C(/O)c3ccccc3)C2c2ccncc2)cc1. The number of Topliss-reactive ketones (excluding diaryl/α,β-unsaturated/α-hetero) is 1. The van der Waals surface area contributed by atoms with Gasteiger partial charge in [0.2, 0.25) is 0 Å². The summed E-state index contributed by atoms with van der Waals surface area (Å²) in [6.07, 6.45) is 3.21. The molecule has 1 aromatic heterocycles. The minimum Gasteiger partial charge on any atom is -0.507 e. The van der Waals surface area contributed by atoms with Gasteiger partial charge in [0.1, 0.15) is 5.76 Å². The number of hydrogen-bond donors (Lipinski definition) is 1. The summed E-state index contributed by atoms with van der Waals surface area (Å²) in [6.45, 7) is 0. The Balaban J connectivity index is 1.90. The lowest BCUT2D eigenvalue weighted by molar-refractivity contribution is -0.132. The summed E-state index contributed by atoms with van der Waals surface area (Å²) in [5, 5.41) is 11.0. The van der Waals surface area contributed by atoms with Crippen LogP contribution in [0.4, 0.5) is 11.4 Å². The number of hydrogen-bond acceptors (Lipinski definition) is 5. The highest BCUT2D eigenvalue weighted by atomic mass is 16.3. The Morgan fingerprint density at radius 3 is 2.17 bits per heavy atom. The second-order valence-electron chi connectivity index (χ2n) is 7.23. The van der Waals surface area contributed by atoms with Gasteiger partial charge in [-0.2, -0.15) is 0 Å². The van der Waals surface area contributed by atoms with Crippen molar-refractivity contribution < 1.29 is 14.7 Å². The lowest BCUT2D eigenvalue weighted by Crippen LogP contribution is -2.29. The zero-order chi connectivity index (χ0) is 21.3. The van der Waals surface area contributed by atoms with Gasteiger partial charge in [-0.3, -0.25) is 19.5 Å². The van der Waals surface area contributed by atoms with Crippen molar-refractivity contribution in [2.75, 3.05) is 23.9 Å². The number of carbonyl (C=O) groups excluding carboxylic acids is 2. The van der Waals surface area contributed by atoms with Crippen LogP contribution in [0.5, 0.6) is 0 Å². The summed E-state index contributed by atoms with van der Waals surface area (Å²) in [5.74, 6) is -1.58. The summed E-state index contributed by atoms with van der Waals surface area (Å²) < 4.78 is 0. The van der Waals surface area contributed by atoms with Crippen LogP contribution in [0.25, 0.3) is 5.76 Å². The van der Waals surface area contributed by atoms with E-state index in [9.17, 15) is 14.7 Å². The molecule has 2 heterocycles. The van der Waals surface area contributed by atoms with E-state index in [4.69, 9.17) is 0 Å². The fourth-order valence-electron chi connectivity index (χ4n) is 3.62. The van der Waals surface area contributed by atoms with Gasteiger partial charge in [0.05, 0.1) is 11.6 Å². The largest absolute Gasteiger partial charge is 0.507 e. The summed E-state index contributed by atoms with van der Waals surface area (Å²) in [6, 6.07) is 18.9. The first-order chi connectivity index (χ1) is 14.5. The quantitative estimate of drug-likeness (QED) is 0.411. The normalized spacial score (nSPS) is 17.9. The van der Waals surface area contributed by atoms with E-state index in [1.165, 1.54) is 4.90 Å². The second-order valence-corrected chi connectivity index (χ2v) is 7.23. The topological polar surface area (TPSA) is 73.7 Å². The van der Waals surface area contributed by atoms with Crippen molar-refractivity contribution in [3.8, 4) is 0 Å². The van der Waals surface area contributed by atoms with E-state index >= 15 is 0 Å². The number of pyridine rings is 1. The maximum atomic E-state index is 13.1. The monoisotopic (exact) mass is 399 g/mol. The Bertz CT molecular complexity index is 1110. The molecule has 1 atom stereocenters. The van der Waals surface area contributed by atoms with Crippen molar-refractivity contribution in [1.82, 2.24) is 4.98 Å². The van der Waals surface area contributed by atoms with Crippen molar-refractivity contribution in [1.29, 1.82) is 0 Å². The van der Waals surface area contributed by atoms with E-state index < -0.39 is 17.7 Å². The molecule has 30 heavy (non-hydrogen) atoms. The average Bonchev–Trinajstić information content (AvgIpc) is 3.05. The van der Waals surface area contributed by atoms with E-state index in [1.807, 2.05) is 37.2 Å². The molecule has 1 unspecified atom stereocenters. The minimum atomic E-state index is -0.751. The summed E-state index contributed by atoms with van der Waals surface area (Å²) in [5.41, 5.74) is 2.79. The van der Waals surface area contributed by atoms with Gasteiger partial charge in [0, 0.05) is 43.4 Å². The highest BCUT2D eigenvalue weighted by Crippen LogP contribution is 2.42. The number of aliphatic hydroxyl groups is 1. The number of carbonyl (C=O) groups is 2. The fourth-order valence-corrected chi connectivity index (χ4v) is 3.62. The van der Waals surface area contributed by atoms with Crippen molar-refractivity contribution in [2.45, 2.75) is 6.04 Å². The van der Waals surface area contributed by atoms with Crippen LogP contribution < -0.4 is 9.80 Å². The third kappa shape index (κ3) is 3.33. The second kappa shape index (κ2) is 7.83. The first-order valence-corrected chi connectivity index (χ1v) is 9.53. The Kier molecular flexibility index (Phi) is 5.06. The van der Waals surface area contributed by atoms with Crippen LogP contribution in [-0.2, 0) is 9.59 Å². The molecule has 1 fully saturated rings. The molecule has 1 aliphatic heterocycles. The molecule has 0 saturated carbocycles. The molecule has 2 aromatic carbocycles. The summed E-state index contributed by atoms with van der Waals surface area (Å²) in [7, 11) is 3.86. The smallest absolute Gasteiger partial charge is 0.300 e. The fraction of sp³-hybridized carbons (Fsp3) is 0.125. The van der Waals surface area contributed by atoms with Gasteiger partial charge in [0.25, 0.3) is 11.7 Å². The Morgan fingerprint density at radius 1 is 0.933 bits per heavy atom. The molecule has 1 saturated heterocycles. The molecule has 1 amide bonds. The number of anilines is 2. The zero-order valence-electron chi connectivity index (χ0n) is 16.7. The van der Waals surface area contributed by atoms with Gasteiger partial charge >= 0.3 is 0 Å². The Morgan fingerprint density at radius 2 is 1.57 bits per heavy atom. The Labute approximate surface area is 174 Å². The van der Waals surface area contributed by atoms with Crippen LogP contribution in [0.15, 0.2) is 84.7 Å². The number of nitrogens with zero attached hydrogens (tertiary/aromatic N) is 3. The number of aromatic nitrogens is 1. The van der Waals surface area contributed by atoms with Crippen molar-refractivity contribution in [2.24, 2.45) is 0 Å². The first kappa shape index (κ1) is 19.4. The van der Waals surface area contributed by atoms with Crippen LogP contribution in [0.3, 0.4) is 0 Å². The highest BCUT2D eigenvalue weighted by Gasteiger charge is 2.46. The number of amides is 1. The molecule has 0 bridgehead atoms. The van der Waals surface area contributed by atoms with E-state index in [2.05, 4.69) is 4.98 Å². The molecule has 6 heteroatoms. The van der Waals surface area contributed by atoms with Gasteiger partial charge in [-0.1, -0.05) is 30.3 Å².